The fourth-order valence-electron chi connectivity index (χ4n) is 5.03. The van der Waals surface area contributed by atoms with Gasteiger partial charge in [0.25, 0.3) is 0 Å². The third-order valence-electron chi connectivity index (χ3n) is 6.96. The normalized spacial score (nSPS) is 22.5. The van der Waals surface area contributed by atoms with Crippen LogP contribution in [0.4, 0.5) is 16.0 Å². The fraction of sp³-hybridized carbons (Fsp3) is 0.727. The second-order valence-electron chi connectivity index (χ2n) is 9.41. The number of nitrogens with zero attached hydrogens (tertiary/aromatic N) is 5. The smallest absolute Gasteiger partial charge is 0.243 e. The Hall–Kier alpha value is -2.24. The van der Waals surface area contributed by atoms with Gasteiger partial charge in [0.15, 0.2) is 11.6 Å². The van der Waals surface area contributed by atoms with Crippen LogP contribution in [0, 0.1) is 17.7 Å². The lowest BCUT2D eigenvalue weighted by atomic mass is 9.92. The van der Waals surface area contributed by atoms with Gasteiger partial charge in [-0.3, -0.25) is 30.5 Å². The van der Waals surface area contributed by atoms with Crippen molar-refractivity contribution in [3.63, 3.8) is 0 Å². The zero-order valence-electron chi connectivity index (χ0n) is 20.0. The number of hydrogen-bond donors (Lipinski definition) is 3. The molecule has 2 fully saturated rings. The van der Waals surface area contributed by atoms with Gasteiger partial charge in [0.2, 0.25) is 23.4 Å². The Balaban J connectivity index is 1.73. The summed E-state index contributed by atoms with van der Waals surface area (Å²) in [5, 5.41) is 9.96. The maximum Gasteiger partial charge on any atom is 0.243 e. The fourth-order valence-corrected chi connectivity index (χ4v) is 5.20. The van der Waals surface area contributed by atoms with Crippen molar-refractivity contribution in [3.05, 3.63) is 11.1 Å². The number of amides is 2. The van der Waals surface area contributed by atoms with Crippen LogP contribution < -0.4 is 15.8 Å². The van der Waals surface area contributed by atoms with E-state index in [4.69, 9.17) is 11.6 Å². The monoisotopic (exact) mass is 499 g/mol. The third kappa shape index (κ3) is 6.45. The number of rotatable bonds is 10. The number of likely N-dealkylation sites (N-methyl/N-ethyl adjacent to an activating group) is 1. The van der Waals surface area contributed by atoms with E-state index in [1.807, 2.05) is 18.9 Å². The molecule has 12 heteroatoms. The van der Waals surface area contributed by atoms with Gasteiger partial charge in [-0.25, -0.2) is 5.06 Å². The molecule has 1 aromatic rings. The SMILES string of the molecule is CC[C@@H]1CN(c2nc(Cl)nc(NNC(=O)[C@@H](CC3CCCC3)CN(O)C=O)c2F)[C@H](C)CN1C. The molecule has 1 aromatic heterocycles. The lowest BCUT2D eigenvalue weighted by molar-refractivity contribution is -0.154. The average Bonchev–Trinajstić information content (AvgIpc) is 3.32. The van der Waals surface area contributed by atoms with Crippen LogP contribution in [0.2, 0.25) is 5.28 Å². The maximum atomic E-state index is 15.4. The number of anilines is 2. The Bertz CT molecular complexity index is 858. The van der Waals surface area contributed by atoms with E-state index in [9.17, 15) is 14.8 Å². The van der Waals surface area contributed by atoms with E-state index < -0.39 is 17.6 Å². The highest BCUT2D eigenvalue weighted by Crippen LogP contribution is 2.31. The van der Waals surface area contributed by atoms with Gasteiger partial charge < -0.3 is 4.90 Å². The summed E-state index contributed by atoms with van der Waals surface area (Å²) < 4.78 is 15.4. The molecule has 3 rings (SSSR count). The average molecular weight is 500 g/mol. The first-order valence-corrected chi connectivity index (χ1v) is 12.3. The summed E-state index contributed by atoms with van der Waals surface area (Å²) in [5.74, 6) is -1.65. The Labute approximate surface area is 204 Å². The van der Waals surface area contributed by atoms with Crippen molar-refractivity contribution in [2.24, 2.45) is 11.8 Å². The maximum absolute atomic E-state index is 15.4. The molecule has 1 aliphatic heterocycles. The number of nitrogens with one attached hydrogen (secondary N) is 2. The van der Waals surface area contributed by atoms with Gasteiger partial charge in [0, 0.05) is 25.2 Å². The van der Waals surface area contributed by atoms with Crippen LogP contribution in [0.25, 0.3) is 0 Å². The summed E-state index contributed by atoms with van der Waals surface area (Å²) in [6, 6.07) is 0.251. The van der Waals surface area contributed by atoms with E-state index in [1.54, 1.807) is 0 Å². The second-order valence-corrected chi connectivity index (χ2v) is 9.74. The van der Waals surface area contributed by atoms with Crippen LogP contribution in [0.1, 0.15) is 52.4 Å². The molecule has 0 spiro atoms. The number of hydrazine groups is 1. The standard InChI is InChI=1S/C22H35ClFN7O3/c1-4-17-12-31(14(2)10-29(17)3)20-18(24)19(25-22(23)26-20)27-28-21(33)16(11-30(34)13-32)9-15-7-5-6-8-15/h13-17,34H,4-12H2,1-3H3,(H,28,33)(H,25,26,27)/t14-,16+,17-/m1/s1. The summed E-state index contributed by atoms with van der Waals surface area (Å²) in [6.45, 7) is 5.26. The molecule has 10 nitrogen and oxygen atoms in total. The number of hydroxylamine groups is 2. The Morgan fingerprint density at radius 1 is 1.35 bits per heavy atom. The van der Waals surface area contributed by atoms with Gasteiger partial charge in [-0.1, -0.05) is 32.6 Å². The van der Waals surface area contributed by atoms with Crippen LogP contribution in [-0.2, 0) is 9.59 Å². The highest BCUT2D eigenvalue weighted by Gasteiger charge is 2.32. The number of hydrogen-bond acceptors (Lipinski definition) is 8. The summed E-state index contributed by atoms with van der Waals surface area (Å²) >= 11 is 6.11. The zero-order chi connectivity index (χ0) is 24.8. The van der Waals surface area contributed by atoms with E-state index in [0.717, 1.165) is 38.6 Å². The molecular weight excluding hydrogens is 465 g/mol. The van der Waals surface area contributed by atoms with Crippen molar-refractivity contribution in [2.45, 2.75) is 64.5 Å². The molecule has 3 N–H and O–H groups in total. The van der Waals surface area contributed by atoms with Gasteiger partial charge >= 0.3 is 0 Å². The van der Waals surface area contributed by atoms with E-state index >= 15 is 4.39 Å². The topological polar surface area (TPSA) is 114 Å². The van der Waals surface area contributed by atoms with Gasteiger partial charge in [-0.15, -0.1) is 0 Å². The number of piperazine rings is 1. The highest BCUT2D eigenvalue weighted by molar-refractivity contribution is 6.28. The van der Waals surface area contributed by atoms with E-state index in [1.165, 1.54) is 0 Å². The van der Waals surface area contributed by atoms with Crippen molar-refractivity contribution in [3.8, 4) is 0 Å². The second kappa shape index (κ2) is 11.9. The lowest BCUT2D eigenvalue weighted by Gasteiger charge is -2.44. The predicted octanol–water partition coefficient (Wildman–Crippen LogP) is 2.68. The molecule has 1 saturated heterocycles. The molecule has 2 heterocycles. The number of carbonyl (C=O) groups is 2. The van der Waals surface area contributed by atoms with Gasteiger partial charge in [0.1, 0.15) is 0 Å². The Morgan fingerprint density at radius 2 is 2.06 bits per heavy atom. The molecule has 1 saturated carbocycles. The minimum atomic E-state index is -0.708. The Morgan fingerprint density at radius 3 is 2.71 bits per heavy atom. The molecule has 2 amide bonds. The molecular formula is C22H35ClFN7O3. The van der Waals surface area contributed by atoms with Gasteiger partial charge in [-0.2, -0.15) is 14.4 Å². The molecule has 34 heavy (non-hydrogen) atoms. The van der Waals surface area contributed by atoms with Crippen LogP contribution in [-0.4, -0.2) is 76.2 Å². The van der Waals surface area contributed by atoms with Crippen molar-refractivity contribution < 1.29 is 19.2 Å². The molecule has 3 atom stereocenters. The molecule has 2 aliphatic rings. The van der Waals surface area contributed by atoms with Crippen molar-refractivity contribution in [1.29, 1.82) is 0 Å². The lowest BCUT2D eigenvalue weighted by Crippen LogP contribution is -2.56. The molecule has 0 bridgehead atoms. The summed E-state index contributed by atoms with van der Waals surface area (Å²) in [6.07, 6.45) is 5.91. The molecule has 0 unspecified atom stereocenters. The first kappa shape index (κ1) is 26.4. The van der Waals surface area contributed by atoms with E-state index in [2.05, 4.69) is 32.6 Å². The number of carbonyl (C=O) groups excluding carboxylic acids is 2. The first-order valence-electron chi connectivity index (χ1n) is 11.9. The van der Waals surface area contributed by atoms with E-state index in [0.29, 0.717) is 23.9 Å². The summed E-state index contributed by atoms with van der Waals surface area (Å²) in [7, 11) is 2.05. The van der Waals surface area contributed by atoms with Crippen LogP contribution in [0.3, 0.4) is 0 Å². The highest BCUT2D eigenvalue weighted by atomic mass is 35.5. The molecule has 0 aromatic carbocycles. The summed E-state index contributed by atoms with van der Waals surface area (Å²) in [5.41, 5.74) is 5.02. The van der Waals surface area contributed by atoms with Crippen molar-refractivity contribution in [2.75, 3.05) is 37.0 Å². The summed E-state index contributed by atoms with van der Waals surface area (Å²) in [4.78, 5) is 35.9. The first-order chi connectivity index (χ1) is 16.2. The zero-order valence-corrected chi connectivity index (χ0v) is 20.8. The van der Waals surface area contributed by atoms with Crippen LogP contribution in [0.5, 0.6) is 0 Å². The predicted molar refractivity (Wildman–Crippen MR) is 127 cm³/mol. The quantitative estimate of drug-likeness (QED) is 0.195. The minimum Gasteiger partial charge on any atom is -0.348 e. The third-order valence-corrected chi connectivity index (χ3v) is 7.13. The molecule has 0 radical (unpaired) electrons. The van der Waals surface area contributed by atoms with Crippen molar-refractivity contribution in [1.82, 2.24) is 25.4 Å². The van der Waals surface area contributed by atoms with Gasteiger partial charge in [-0.05, 0) is 44.3 Å². The van der Waals surface area contributed by atoms with E-state index in [-0.39, 0.29) is 42.0 Å². The molecule has 190 valence electrons. The van der Waals surface area contributed by atoms with Gasteiger partial charge in [0.05, 0.1) is 12.5 Å². The van der Waals surface area contributed by atoms with Crippen LogP contribution >= 0.6 is 11.6 Å². The number of aromatic nitrogens is 2. The molecule has 1 aliphatic carbocycles. The Kier molecular flexibility index (Phi) is 9.26. The minimum absolute atomic E-state index is 0.00498. The number of halogens is 2. The van der Waals surface area contributed by atoms with Crippen LogP contribution in [0.15, 0.2) is 0 Å². The largest absolute Gasteiger partial charge is 0.348 e. The van der Waals surface area contributed by atoms with Crippen molar-refractivity contribution >= 4 is 35.6 Å².